The summed E-state index contributed by atoms with van der Waals surface area (Å²) in [6.45, 7) is 4.17. The highest BCUT2D eigenvalue weighted by atomic mass is 79.9. The van der Waals surface area contributed by atoms with Crippen molar-refractivity contribution in [3.8, 4) is 0 Å². The van der Waals surface area contributed by atoms with Gasteiger partial charge in [0.25, 0.3) is 0 Å². The van der Waals surface area contributed by atoms with Crippen molar-refractivity contribution in [2.24, 2.45) is 5.41 Å². The van der Waals surface area contributed by atoms with Crippen LogP contribution in [0.1, 0.15) is 48.5 Å². The van der Waals surface area contributed by atoms with Crippen LogP contribution in [-0.2, 0) is 11.3 Å². The van der Waals surface area contributed by atoms with E-state index < -0.39 is 0 Å². The molecule has 1 aliphatic carbocycles. The standard InChI is InChI=1S/C16H22BrNO2/c1-3-6-16(7-8-16)11-18-10-13-5-4-12(9-14(13)17)15(19)20-2/h4-5,9,18H,3,6-8,10-11H2,1-2H3. The first-order chi connectivity index (χ1) is 9.60. The smallest absolute Gasteiger partial charge is 0.337 e. The molecule has 0 unspecified atom stereocenters. The summed E-state index contributed by atoms with van der Waals surface area (Å²) in [6, 6.07) is 5.61. The minimum atomic E-state index is -0.301. The second-order valence-corrected chi connectivity index (χ2v) is 6.51. The number of hydrogen-bond acceptors (Lipinski definition) is 3. The summed E-state index contributed by atoms with van der Waals surface area (Å²) < 4.78 is 5.67. The fraction of sp³-hybridized carbons (Fsp3) is 0.562. The number of rotatable bonds is 7. The molecule has 0 heterocycles. The first-order valence-electron chi connectivity index (χ1n) is 7.18. The Morgan fingerprint density at radius 1 is 1.45 bits per heavy atom. The highest BCUT2D eigenvalue weighted by Crippen LogP contribution is 2.48. The van der Waals surface area contributed by atoms with E-state index in [0.717, 1.165) is 17.6 Å². The summed E-state index contributed by atoms with van der Waals surface area (Å²) in [5.41, 5.74) is 2.31. The molecule has 3 nitrogen and oxygen atoms in total. The van der Waals surface area contributed by atoms with Crippen LogP contribution in [0.4, 0.5) is 0 Å². The normalized spacial score (nSPS) is 15.9. The summed E-state index contributed by atoms with van der Waals surface area (Å²) in [7, 11) is 1.40. The third-order valence-electron chi connectivity index (χ3n) is 4.03. The summed E-state index contributed by atoms with van der Waals surface area (Å²) >= 11 is 3.52. The number of benzene rings is 1. The molecule has 1 aromatic rings. The molecule has 0 amide bonds. The molecule has 1 saturated carbocycles. The van der Waals surface area contributed by atoms with E-state index in [4.69, 9.17) is 4.74 Å². The van der Waals surface area contributed by atoms with Crippen molar-refractivity contribution in [1.82, 2.24) is 5.32 Å². The molecule has 0 aliphatic heterocycles. The van der Waals surface area contributed by atoms with E-state index in [1.807, 2.05) is 18.2 Å². The van der Waals surface area contributed by atoms with Crippen molar-refractivity contribution in [3.05, 3.63) is 33.8 Å². The van der Waals surface area contributed by atoms with Gasteiger partial charge in [0.15, 0.2) is 0 Å². The van der Waals surface area contributed by atoms with Crippen molar-refractivity contribution in [3.63, 3.8) is 0 Å². The van der Waals surface area contributed by atoms with Crippen molar-refractivity contribution < 1.29 is 9.53 Å². The maximum absolute atomic E-state index is 11.4. The predicted octanol–water partition coefficient (Wildman–Crippen LogP) is 3.91. The van der Waals surface area contributed by atoms with Crippen molar-refractivity contribution in [2.75, 3.05) is 13.7 Å². The molecule has 0 spiro atoms. The number of ether oxygens (including phenoxy) is 1. The van der Waals surface area contributed by atoms with Gasteiger partial charge in [-0.3, -0.25) is 0 Å². The highest BCUT2D eigenvalue weighted by molar-refractivity contribution is 9.10. The molecule has 0 radical (unpaired) electrons. The maximum Gasteiger partial charge on any atom is 0.337 e. The molecule has 1 N–H and O–H groups in total. The molecule has 0 atom stereocenters. The van der Waals surface area contributed by atoms with E-state index in [0.29, 0.717) is 11.0 Å². The average molecular weight is 340 g/mol. The Hall–Kier alpha value is -0.870. The summed E-state index contributed by atoms with van der Waals surface area (Å²) in [4.78, 5) is 11.4. The third-order valence-corrected chi connectivity index (χ3v) is 4.77. The van der Waals surface area contributed by atoms with Crippen LogP contribution < -0.4 is 5.32 Å². The Morgan fingerprint density at radius 2 is 2.20 bits per heavy atom. The second kappa shape index (κ2) is 6.72. The Labute approximate surface area is 129 Å². The number of methoxy groups -OCH3 is 1. The number of nitrogens with one attached hydrogen (secondary N) is 1. The van der Waals surface area contributed by atoms with Crippen LogP contribution in [0.2, 0.25) is 0 Å². The second-order valence-electron chi connectivity index (χ2n) is 5.65. The van der Waals surface area contributed by atoms with Crippen LogP contribution in [0.15, 0.2) is 22.7 Å². The lowest BCUT2D eigenvalue weighted by atomic mass is 10.0. The third kappa shape index (κ3) is 3.83. The Bertz CT molecular complexity index is 483. The summed E-state index contributed by atoms with van der Waals surface area (Å²) in [6.07, 6.45) is 5.30. The fourth-order valence-electron chi connectivity index (χ4n) is 2.62. The van der Waals surface area contributed by atoms with E-state index in [1.165, 1.54) is 38.4 Å². The minimum absolute atomic E-state index is 0.301. The molecule has 4 heteroatoms. The Balaban J connectivity index is 1.89. The van der Waals surface area contributed by atoms with Crippen LogP contribution in [0.5, 0.6) is 0 Å². The molecule has 20 heavy (non-hydrogen) atoms. The zero-order valence-electron chi connectivity index (χ0n) is 12.2. The van der Waals surface area contributed by atoms with Crippen LogP contribution >= 0.6 is 15.9 Å². The topological polar surface area (TPSA) is 38.3 Å². The van der Waals surface area contributed by atoms with Gasteiger partial charge in [-0.15, -0.1) is 0 Å². The summed E-state index contributed by atoms with van der Waals surface area (Å²) in [5, 5.41) is 3.55. The molecular weight excluding hydrogens is 318 g/mol. The fourth-order valence-corrected chi connectivity index (χ4v) is 3.14. The number of carbonyl (C=O) groups excluding carboxylic acids is 1. The zero-order valence-corrected chi connectivity index (χ0v) is 13.8. The lowest BCUT2D eigenvalue weighted by molar-refractivity contribution is 0.0600. The maximum atomic E-state index is 11.4. The number of hydrogen-bond donors (Lipinski definition) is 1. The lowest BCUT2D eigenvalue weighted by Gasteiger charge is -2.15. The SMILES string of the molecule is CCCC1(CNCc2ccc(C(=O)OC)cc2Br)CC1. The Morgan fingerprint density at radius 3 is 2.75 bits per heavy atom. The van der Waals surface area contributed by atoms with Crippen LogP contribution in [0, 0.1) is 5.41 Å². The number of carbonyl (C=O) groups is 1. The first-order valence-corrected chi connectivity index (χ1v) is 7.97. The van der Waals surface area contributed by atoms with Gasteiger partial charge in [-0.25, -0.2) is 4.79 Å². The van der Waals surface area contributed by atoms with Crippen LogP contribution in [0.3, 0.4) is 0 Å². The van der Waals surface area contributed by atoms with Gasteiger partial charge in [-0.2, -0.15) is 0 Å². The summed E-state index contributed by atoms with van der Waals surface area (Å²) in [5.74, 6) is -0.301. The van der Waals surface area contributed by atoms with Gasteiger partial charge >= 0.3 is 5.97 Å². The number of esters is 1. The molecule has 0 bridgehead atoms. The Kier molecular flexibility index (Phi) is 5.22. The average Bonchev–Trinajstić information content (AvgIpc) is 3.20. The quantitative estimate of drug-likeness (QED) is 0.765. The van der Waals surface area contributed by atoms with Crippen LogP contribution in [-0.4, -0.2) is 19.6 Å². The van der Waals surface area contributed by atoms with Gasteiger partial charge in [0, 0.05) is 17.6 Å². The van der Waals surface area contributed by atoms with E-state index in [2.05, 4.69) is 28.2 Å². The monoisotopic (exact) mass is 339 g/mol. The molecule has 1 fully saturated rings. The number of halogens is 1. The van der Waals surface area contributed by atoms with E-state index in [1.54, 1.807) is 0 Å². The largest absolute Gasteiger partial charge is 0.465 e. The lowest BCUT2D eigenvalue weighted by Crippen LogP contribution is -2.23. The van der Waals surface area contributed by atoms with Crippen molar-refractivity contribution in [2.45, 2.75) is 39.2 Å². The van der Waals surface area contributed by atoms with Crippen molar-refractivity contribution >= 4 is 21.9 Å². The molecule has 1 aliphatic rings. The predicted molar refractivity (Wildman–Crippen MR) is 83.8 cm³/mol. The van der Waals surface area contributed by atoms with Gasteiger partial charge in [0.1, 0.15) is 0 Å². The molecule has 1 aromatic carbocycles. The van der Waals surface area contributed by atoms with E-state index in [-0.39, 0.29) is 5.97 Å². The highest BCUT2D eigenvalue weighted by Gasteiger charge is 2.40. The van der Waals surface area contributed by atoms with E-state index in [9.17, 15) is 4.79 Å². The molecule has 110 valence electrons. The zero-order chi connectivity index (χ0) is 14.6. The van der Waals surface area contributed by atoms with Gasteiger partial charge in [-0.1, -0.05) is 35.3 Å². The molecule has 0 aromatic heterocycles. The van der Waals surface area contributed by atoms with E-state index >= 15 is 0 Å². The molecular formula is C16H22BrNO2. The van der Waals surface area contributed by atoms with Crippen molar-refractivity contribution in [1.29, 1.82) is 0 Å². The van der Waals surface area contributed by atoms with Gasteiger partial charge < -0.3 is 10.1 Å². The van der Waals surface area contributed by atoms with Gasteiger partial charge in [0.05, 0.1) is 12.7 Å². The van der Waals surface area contributed by atoms with Gasteiger partial charge in [-0.05, 0) is 42.4 Å². The first kappa shape index (κ1) is 15.5. The molecule has 2 rings (SSSR count). The minimum Gasteiger partial charge on any atom is -0.465 e. The molecule has 0 saturated heterocycles. The van der Waals surface area contributed by atoms with Gasteiger partial charge in [0.2, 0.25) is 0 Å². The van der Waals surface area contributed by atoms with Crippen LogP contribution in [0.25, 0.3) is 0 Å².